The van der Waals surface area contributed by atoms with E-state index in [4.69, 9.17) is 4.74 Å². The molecule has 2 heterocycles. The van der Waals surface area contributed by atoms with E-state index in [1.165, 1.54) is 5.56 Å². The molecule has 1 saturated heterocycles. The van der Waals surface area contributed by atoms with E-state index in [0.717, 1.165) is 61.9 Å². The summed E-state index contributed by atoms with van der Waals surface area (Å²) in [5.74, 6) is -0.144. The number of carbonyl (C=O) groups is 1. The van der Waals surface area contributed by atoms with Gasteiger partial charge in [-0.3, -0.25) is 14.7 Å². The van der Waals surface area contributed by atoms with Gasteiger partial charge >= 0.3 is 0 Å². The normalized spacial score (nSPS) is 14.8. The van der Waals surface area contributed by atoms with Gasteiger partial charge in [0.1, 0.15) is 0 Å². The molecule has 2 aromatic rings. The van der Waals surface area contributed by atoms with Crippen LogP contribution >= 0.6 is 0 Å². The van der Waals surface area contributed by atoms with Crippen molar-refractivity contribution in [2.24, 2.45) is 0 Å². The lowest BCUT2D eigenvalue weighted by atomic mass is 10.0. The maximum absolute atomic E-state index is 12.7. The third-order valence-electron chi connectivity index (χ3n) is 4.78. The van der Waals surface area contributed by atoms with Crippen molar-refractivity contribution in [3.63, 3.8) is 0 Å². The summed E-state index contributed by atoms with van der Waals surface area (Å²) < 4.78 is 5.36. The Hall–Kier alpha value is -2.44. The Balaban J connectivity index is 1.60. The van der Waals surface area contributed by atoms with Crippen LogP contribution in [0.3, 0.4) is 0 Å². The van der Waals surface area contributed by atoms with Crippen molar-refractivity contribution in [3.8, 4) is 0 Å². The smallest absolute Gasteiger partial charge is 0.257 e. The third-order valence-corrected chi connectivity index (χ3v) is 4.78. The van der Waals surface area contributed by atoms with Gasteiger partial charge in [0.25, 0.3) is 5.91 Å². The van der Waals surface area contributed by atoms with Crippen molar-refractivity contribution in [2.75, 3.05) is 50.0 Å². The highest BCUT2D eigenvalue weighted by atomic mass is 16.5. The van der Waals surface area contributed by atoms with Crippen molar-refractivity contribution < 1.29 is 9.53 Å². The van der Waals surface area contributed by atoms with E-state index in [2.05, 4.69) is 39.6 Å². The molecule has 1 aromatic heterocycles. The first kappa shape index (κ1) is 19.3. The molecule has 0 bridgehead atoms. The predicted molar refractivity (Wildman–Crippen MR) is 109 cm³/mol. The molecule has 1 aliphatic rings. The number of carbonyl (C=O) groups excluding carboxylic acids is 1. The predicted octanol–water partition coefficient (Wildman–Crippen LogP) is 3.00. The highest BCUT2D eigenvalue weighted by Crippen LogP contribution is 2.23. The van der Waals surface area contributed by atoms with Crippen molar-refractivity contribution in [3.05, 3.63) is 52.8 Å². The van der Waals surface area contributed by atoms with E-state index in [-0.39, 0.29) is 5.91 Å². The molecule has 1 aromatic carbocycles. The number of ether oxygens (including phenoxy) is 1. The van der Waals surface area contributed by atoms with Gasteiger partial charge in [-0.25, -0.2) is 0 Å². The van der Waals surface area contributed by atoms with Crippen LogP contribution in [0.2, 0.25) is 0 Å². The van der Waals surface area contributed by atoms with Gasteiger partial charge in [0.2, 0.25) is 0 Å². The molecule has 0 unspecified atom stereocenters. The van der Waals surface area contributed by atoms with Crippen LogP contribution in [-0.2, 0) is 4.74 Å². The lowest BCUT2D eigenvalue weighted by molar-refractivity contribution is 0.0398. The van der Waals surface area contributed by atoms with E-state index in [1.54, 1.807) is 12.4 Å². The van der Waals surface area contributed by atoms with E-state index in [1.807, 2.05) is 19.9 Å². The SMILES string of the molecule is Cc1cc(C)c(NC(=O)c2cncc(NCCN3CCOCC3)c2)c(C)c1. The number of anilines is 2. The Morgan fingerprint density at radius 2 is 1.81 bits per heavy atom. The first-order chi connectivity index (χ1) is 13.0. The minimum Gasteiger partial charge on any atom is -0.382 e. The molecule has 3 rings (SSSR count). The number of pyridine rings is 1. The van der Waals surface area contributed by atoms with E-state index in [9.17, 15) is 4.79 Å². The number of hydrogen-bond acceptors (Lipinski definition) is 5. The Morgan fingerprint density at radius 3 is 2.52 bits per heavy atom. The zero-order valence-electron chi connectivity index (χ0n) is 16.3. The Labute approximate surface area is 160 Å². The highest BCUT2D eigenvalue weighted by Gasteiger charge is 2.12. The van der Waals surface area contributed by atoms with Gasteiger partial charge in [0.05, 0.1) is 24.5 Å². The molecule has 6 nitrogen and oxygen atoms in total. The quantitative estimate of drug-likeness (QED) is 0.820. The molecule has 6 heteroatoms. The third kappa shape index (κ3) is 5.28. The lowest BCUT2D eigenvalue weighted by Crippen LogP contribution is -2.39. The summed E-state index contributed by atoms with van der Waals surface area (Å²) in [6.45, 7) is 11.4. The molecule has 0 saturated carbocycles. The Kier molecular flexibility index (Phi) is 6.42. The largest absolute Gasteiger partial charge is 0.382 e. The summed E-state index contributed by atoms with van der Waals surface area (Å²) in [5.41, 5.74) is 5.59. The molecule has 1 aliphatic heterocycles. The highest BCUT2D eigenvalue weighted by molar-refractivity contribution is 6.05. The van der Waals surface area contributed by atoms with Gasteiger partial charge in [0, 0.05) is 44.3 Å². The summed E-state index contributed by atoms with van der Waals surface area (Å²) in [6.07, 6.45) is 3.35. The molecule has 27 heavy (non-hydrogen) atoms. The van der Waals surface area contributed by atoms with Gasteiger partial charge in [-0.05, 0) is 38.0 Å². The van der Waals surface area contributed by atoms with Crippen LogP contribution in [0.1, 0.15) is 27.0 Å². The van der Waals surface area contributed by atoms with Crippen molar-refractivity contribution >= 4 is 17.3 Å². The van der Waals surface area contributed by atoms with Crippen LogP contribution in [0.5, 0.6) is 0 Å². The van der Waals surface area contributed by atoms with Gasteiger partial charge < -0.3 is 15.4 Å². The monoisotopic (exact) mass is 368 g/mol. The second kappa shape index (κ2) is 8.97. The molecular weight excluding hydrogens is 340 g/mol. The molecule has 0 radical (unpaired) electrons. The fraction of sp³-hybridized carbons (Fsp3) is 0.429. The zero-order valence-corrected chi connectivity index (χ0v) is 16.3. The number of morpholine rings is 1. The number of aromatic nitrogens is 1. The average molecular weight is 368 g/mol. The molecule has 144 valence electrons. The average Bonchev–Trinajstić information content (AvgIpc) is 2.65. The van der Waals surface area contributed by atoms with Gasteiger partial charge in [-0.1, -0.05) is 17.7 Å². The Bertz CT molecular complexity index is 778. The maximum Gasteiger partial charge on any atom is 0.257 e. The zero-order chi connectivity index (χ0) is 19.2. The number of hydrogen-bond donors (Lipinski definition) is 2. The molecular formula is C21H28N4O2. The summed E-state index contributed by atoms with van der Waals surface area (Å²) in [7, 11) is 0. The molecule has 2 N–H and O–H groups in total. The second-order valence-corrected chi connectivity index (χ2v) is 7.07. The van der Waals surface area contributed by atoms with Crippen LogP contribution < -0.4 is 10.6 Å². The van der Waals surface area contributed by atoms with Crippen molar-refractivity contribution in [2.45, 2.75) is 20.8 Å². The second-order valence-electron chi connectivity index (χ2n) is 7.07. The lowest BCUT2D eigenvalue weighted by Gasteiger charge is -2.26. The van der Waals surface area contributed by atoms with Crippen LogP contribution in [0, 0.1) is 20.8 Å². The number of rotatable bonds is 6. The number of nitrogens with zero attached hydrogens (tertiary/aromatic N) is 2. The van der Waals surface area contributed by atoms with E-state index < -0.39 is 0 Å². The van der Waals surface area contributed by atoms with Crippen LogP contribution in [0.15, 0.2) is 30.6 Å². The first-order valence-corrected chi connectivity index (χ1v) is 9.41. The van der Waals surface area contributed by atoms with E-state index in [0.29, 0.717) is 5.56 Å². The fourth-order valence-electron chi connectivity index (χ4n) is 3.41. The van der Waals surface area contributed by atoms with Crippen molar-refractivity contribution in [1.29, 1.82) is 0 Å². The minimum absolute atomic E-state index is 0.144. The summed E-state index contributed by atoms with van der Waals surface area (Å²) >= 11 is 0. The maximum atomic E-state index is 12.7. The van der Waals surface area contributed by atoms with Gasteiger partial charge in [-0.15, -0.1) is 0 Å². The summed E-state index contributed by atoms with van der Waals surface area (Å²) in [4.78, 5) is 19.3. The van der Waals surface area contributed by atoms with Crippen LogP contribution in [0.25, 0.3) is 0 Å². The minimum atomic E-state index is -0.144. The van der Waals surface area contributed by atoms with E-state index >= 15 is 0 Å². The topological polar surface area (TPSA) is 66.5 Å². The number of aryl methyl sites for hydroxylation is 3. The van der Waals surface area contributed by atoms with Crippen LogP contribution in [-0.4, -0.2) is 55.2 Å². The molecule has 0 aliphatic carbocycles. The molecule has 0 spiro atoms. The number of amides is 1. The standard InChI is InChI=1S/C21H28N4O2/c1-15-10-16(2)20(17(3)11-15)24-21(26)18-12-19(14-22-13-18)23-4-5-25-6-8-27-9-7-25/h10-14,23H,4-9H2,1-3H3,(H,24,26). The first-order valence-electron chi connectivity index (χ1n) is 9.41. The number of benzene rings is 1. The molecule has 0 atom stereocenters. The molecule has 1 amide bonds. The fourth-order valence-corrected chi connectivity index (χ4v) is 3.41. The number of nitrogens with one attached hydrogen (secondary N) is 2. The van der Waals surface area contributed by atoms with Crippen molar-refractivity contribution in [1.82, 2.24) is 9.88 Å². The van der Waals surface area contributed by atoms with Gasteiger partial charge in [0.15, 0.2) is 0 Å². The Morgan fingerprint density at radius 1 is 1.11 bits per heavy atom. The molecule has 1 fully saturated rings. The summed E-state index contributed by atoms with van der Waals surface area (Å²) in [6, 6.07) is 6.00. The summed E-state index contributed by atoms with van der Waals surface area (Å²) in [5, 5.41) is 6.38. The van der Waals surface area contributed by atoms with Crippen LogP contribution in [0.4, 0.5) is 11.4 Å². The van der Waals surface area contributed by atoms with Gasteiger partial charge in [-0.2, -0.15) is 0 Å².